The summed E-state index contributed by atoms with van der Waals surface area (Å²) in [5, 5.41) is 3.85. The number of aromatic nitrogens is 3. The number of carbonyl (C=O) groups excluding carboxylic acids is 1. The smallest absolute Gasteiger partial charge is 0.273 e. The zero-order valence-corrected chi connectivity index (χ0v) is 18.1. The minimum absolute atomic E-state index is 0.116. The second-order valence-corrected chi connectivity index (χ2v) is 7.94. The van der Waals surface area contributed by atoms with Crippen LogP contribution in [0.15, 0.2) is 59.4 Å². The number of hydrogen-bond acceptors (Lipinski definition) is 4. The van der Waals surface area contributed by atoms with Crippen molar-refractivity contribution in [3.8, 4) is 5.75 Å². The van der Waals surface area contributed by atoms with Gasteiger partial charge in [-0.25, -0.2) is 4.52 Å². The standard InChI is InChI=1S/C24H26N4O3/c1-15(2)31-19-11-9-18(10-12-19)14-25-24(30)17(4)28-21-8-6-5-7-20(21)23-26-22(29)13-16(3)27(23)28/h5-13,15,17H,14H2,1-4H3,(H,25,30)/t17-/m0/s1. The number of nitrogens with one attached hydrogen (secondary N) is 1. The molecule has 1 amide bonds. The largest absolute Gasteiger partial charge is 0.491 e. The number of fused-ring (bicyclic) bond motifs is 3. The third-order valence-corrected chi connectivity index (χ3v) is 5.20. The summed E-state index contributed by atoms with van der Waals surface area (Å²) < 4.78 is 9.39. The first-order chi connectivity index (χ1) is 14.8. The highest BCUT2D eigenvalue weighted by Crippen LogP contribution is 2.25. The average molecular weight is 418 g/mol. The van der Waals surface area contributed by atoms with Crippen molar-refractivity contribution in [2.45, 2.75) is 46.4 Å². The lowest BCUT2D eigenvalue weighted by atomic mass is 10.2. The first kappa shape index (κ1) is 20.7. The maximum Gasteiger partial charge on any atom is 0.273 e. The second kappa shape index (κ2) is 8.26. The Balaban J connectivity index is 1.61. The van der Waals surface area contributed by atoms with E-state index in [9.17, 15) is 9.59 Å². The molecule has 0 saturated carbocycles. The molecule has 2 aromatic carbocycles. The van der Waals surface area contributed by atoms with Crippen LogP contribution in [-0.2, 0) is 11.3 Å². The molecule has 4 aromatic rings. The number of aryl methyl sites for hydroxylation is 1. The molecule has 0 aliphatic rings. The number of para-hydroxylation sites is 1. The van der Waals surface area contributed by atoms with E-state index in [2.05, 4.69) is 10.3 Å². The van der Waals surface area contributed by atoms with E-state index in [1.807, 2.05) is 85.4 Å². The van der Waals surface area contributed by atoms with Crippen LogP contribution >= 0.6 is 0 Å². The van der Waals surface area contributed by atoms with E-state index in [0.29, 0.717) is 12.2 Å². The molecule has 0 aliphatic heterocycles. The molecule has 31 heavy (non-hydrogen) atoms. The van der Waals surface area contributed by atoms with Crippen LogP contribution < -0.4 is 15.6 Å². The van der Waals surface area contributed by atoms with Gasteiger partial charge in [0.15, 0.2) is 5.65 Å². The SMILES string of the molecule is Cc1cc(=O)nc2c3ccccc3n([C@@H](C)C(=O)NCc3ccc(OC(C)C)cc3)n12. The molecule has 2 aromatic heterocycles. The van der Waals surface area contributed by atoms with Gasteiger partial charge in [0, 0.05) is 23.7 Å². The molecule has 0 unspecified atom stereocenters. The molecule has 0 aliphatic carbocycles. The van der Waals surface area contributed by atoms with Gasteiger partial charge in [0.05, 0.1) is 11.6 Å². The van der Waals surface area contributed by atoms with Crippen molar-refractivity contribution < 1.29 is 9.53 Å². The number of amides is 1. The first-order valence-electron chi connectivity index (χ1n) is 10.4. The maximum atomic E-state index is 13.0. The molecule has 2 heterocycles. The maximum absolute atomic E-state index is 13.0. The zero-order valence-electron chi connectivity index (χ0n) is 18.1. The van der Waals surface area contributed by atoms with Gasteiger partial charge in [-0.1, -0.05) is 24.3 Å². The van der Waals surface area contributed by atoms with E-state index in [1.54, 1.807) is 0 Å². The molecule has 0 radical (unpaired) electrons. The molecule has 0 saturated heterocycles. The predicted molar refractivity (Wildman–Crippen MR) is 120 cm³/mol. The fraction of sp³-hybridized carbons (Fsp3) is 0.292. The van der Waals surface area contributed by atoms with Crippen molar-refractivity contribution in [2.75, 3.05) is 0 Å². The van der Waals surface area contributed by atoms with Crippen LogP contribution in [-0.4, -0.2) is 26.2 Å². The quantitative estimate of drug-likeness (QED) is 0.519. The summed E-state index contributed by atoms with van der Waals surface area (Å²) in [5.41, 5.74) is 2.83. The Bertz CT molecular complexity index is 1300. The van der Waals surface area contributed by atoms with Crippen molar-refractivity contribution in [1.29, 1.82) is 0 Å². The minimum Gasteiger partial charge on any atom is -0.491 e. The van der Waals surface area contributed by atoms with Crippen molar-refractivity contribution in [3.05, 3.63) is 76.2 Å². The molecule has 0 fully saturated rings. The van der Waals surface area contributed by atoms with Crippen LogP contribution in [0.2, 0.25) is 0 Å². The van der Waals surface area contributed by atoms with Gasteiger partial charge in [0.2, 0.25) is 5.91 Å². The van der Waals surface area contributed by atoms with E-state index in [-0.39, 0.29) is 17.6 Å². The summed E-state index contributed by atoms with van der Waals surface area (Å²) in [5.74, 6) is 0.684. The van der Waals surface area contributed by atoms with Crippen molar-refractivity contribution in [1.82, 2.24) is 19.5 Å². The van der Waals surface area contributed by atoms with E-state index in [4.69, 9.17) is 4.74 Å². The summed E-state index contributed by atoms with van der Waals surface area (Å²) in [6.07, 6.45) is 0.116. The topological polar surface area (TPSA) is 77.6 Å². The third-order valence-electron chi connectivity index (χ3n) is 5.20. The molecule has 1 atom stereocenters. The van der Waals surface area contributed by atoms with Crippen LogP contribution in [0.1, 0.15) is 38.1 Å². The summed E-state index contributed by atoms with van der Waals surface area (Å²) in [6.45, 7) is 8.07. The molecule has 7 heteroatoms. The lowest BCUT2D eigenvalue weighted by molar-refractivity contribution is -0.124. The van der Waals surface area contributed by atoms with Crippen molar-refractivity contribution >= 4 is 22.5 Å². The number of hydrogen-bond donors (Lipinski definition) is 1. The summed E-state index contributed by atoms with van der Waals surface area (Å²) >= 11 is 0. The summed E-state index contributed by atoms with van der Waals surface area (Å²) in [4.78, 5) is 29.2. The van der Waals surface area contributed by atoms with E-state index >= 15 is 0 Å². The van der Waals surface area contributed by atoms with Crippen LogP contribution in [0.5, 0.6) is 5.75 Å². The van der Waals surface area contributed by atoms with Gasteiger partial charge in [0.25, 0.3) is 5.56 Å². The van der Waals surface area contributed by atoms with E-state index in [0.717, 1.165) is 27.9 Å². The van der Waals surface area contributed by atoms with Gasteiger partial charge in [-0.3, -0.25) is 14.3 Å². The van der Waals surface area contributed by atoms with Crippen molar-refractivity contribution in [2.24, 2.45) is 0 Å². The van der Waals surface area contributed by atoms with Crippen LogP contribution in [0.3, 0.4) is 0 Å². The molecule has 7 nitrogen and oxygen atoms in total. The molecular formula is C24H26N4O3. The lowest BCUT2D eigenvalue weighted by Crippen LogP contribution is -2.32. The number of carbonyl (C=O) groups is 1. The highest BCUT2D eigenvalue weighted by atomic mass is 16.5. The monoisotopic (exact) mass is 418 g/mol. The fourth-order valence-corrected chi connectivity index (χ4v) is 3.80. The number of rotatable bonds is 6. The van der Waals surface area contributed by atoms with Crippen LogP contribution in [0.25, 0.3) is 16.6 Å². The third kappa shape index (κ3) is 4.03. The highest BCUT2D eigenvalue weighted by molar-refractivity contribution is 5.94. The van der Waals surface area contributed by atoms with Gasteiger partial charge >= 0.3 is 0 Å². The zero-order chi connectivity index (χ0) is 22.1. The van der Waals surface area contributed by atoms with E-state index < -0.39 is 6.04 Å². The predicted octanol–water partition coefficient (Wildman–Crippen LogP) is 3.62. The fourth-order valence-electron chi connectivity index (χ4n) is 3.80. The van der Waals surface area contributed by atoms with Gasteiger partial charge in [-0.2, -0.15) is 4.98 Å². The molecule has 0 spiro atoms. The Morgan fingerprint density at radius 2 is 1.81 bits per heavy atom. The first-order valence-corrected chi connectivity index (χ1v) is 10.4. The van der Waals surface area contributed by atoms with Gasteiger partial charge in [0.1, 0.15) is 11.8 Å². The van der Waals surface area contributed by atoms with Gasteiger partial charge < -0.3 is 10.1 Å². The summed E-state index contributed by atoms with van der Waals surface area (Å²) in [6, 6.07) is 16.3. The van der Waals surface area contributed by atoms with Crippen LogP contribution in [0, 0.1) is 6.92 Å². The summed E-state index contributed by atoms with van der Waals surface area (Å²) in [7, 11) is 0. The lowest BCUT2D eigenvalue weighted by Gasteiger charge is -2.18. The number of ether oxygens (including phenoxy) is 1. The second-order valence-electron chi connectivity index (χ2n) is 7.94. The number of benzene rings is 2. The van der Waals surface area contributed by atoms with E-state index in [1.165, 1.54) is 6.07 Å². The molecular weight excluding hydrogens is 392 g/mol. The van der Waals surface area contributed by atoms with Gasteiger partial charge in [-0.05, 0) is 57.5 Å². The Morgan fingerprint density at radius 3 is 2.52 bits per heavy atom. The number of nitrogens with zero attached hydrogens (tertiary/aromatic N) is 3. The van der Waals surface area contributed by atoms with Crippen LogP contribution in [0.4, 0.5) is 0 Å². The Labute approximate surface area is 180 Å². The molecule has 160 valence electrons. The van der Waals surface area contributed by atoms with Gasteiger partial charge in [-0.15, -0.1) is 0 Å². The highest BCUT2D eigenvalue weighted by Gasteiger charge is 2.22. The average Bonchev–Trinajstić information content (AvgIpc) is 3.07. The Hall–Kier alpha value is -3.61. The Kier molecular flexibility index (Phi) is 5.50. The molecule has 4 rings (SSSR count). The minimum atomic E-state index is -0.506. The normalized spacial score (nSPS) is 12.4. The molecule has 1 N–H and O–H groups in total. The molecule has 0 bridgehead atoms. The van der Waals surface area contributed by atoms with Crippen molar-refractivity contribution in [3.63, 3.8) is 0 Å². The Morgan fingerprint density at radius 1 is 1.10 bits per heavy atom.